The van der Waals surface area contributed by atoms with E-state index < -0.39 is 0 Å². The largest absolute Gasteiger partial charge is 0.341 e. The summed E-state index contributed by atoms with van der Waals surface area (Å²) in [5.41, 5.74) is 0.422. The molecule has 0 aromatic carbocycles. The molecule has 0 radical (unpaired) electrons. The molecule has 1 aromatic heterocycles. The number of rotatable bonds is 1. The predicted molar refractivity (Wildman–Crippen MR) is 52.3 cm³/mol. The quantitative estimate of drug-likeness (QED) is 0.712. The van der Waals surface area contributed by atoms with Crippen LogP contribution in [0.2, 0.25) is 10.3 Å². The molecule has 0 bridgehead atoms. The second kappa shape index (κ2) is 4.30. The number of carbonyl (C=O) groups excluding carboxylic acids is 1. The Labute approximate surface area is 85.2 Å². The first-order valence-electron chi connectivity index (χ1n) is 3.44. The highest BCUT2D eigenvalue weighted by Gasteiger charge is 2.04. The van der Waals surface area contributed by atoms with Gasteiger partial charge in [-0.05, 0) is 12.1 Å². The first-order chi connectivity index (χ1) is 6.13. The van der Waals surface area contributed by atoms with Crippen molar-refractivity contribution in [3.63, 3.8) is 0 Å². The molecule has 1 heterocycles. The maximum Gasteiger partial charge on any atom is 0.319 e. The molecule has 0 unspecified atom stereocenters. The number of pyridine rings is 1. The van der Waals surface area contributed by atoms with Crippen LogP contribution in [0, 0.1) is 0 Å². The van der Waals surface area contributed by atoms with Gasteiger partial charge in [-0.15, -0.1) is 0 Å². The molecule has 70 valence electrons. The van der Waals surface area contributed by atoms with E-state index in [-0.39, 0.29) is 16.3 Å². The van der Waals surface area contributed by atoms with Crippen molar-refractivity contribution in [2.45, 2.75) is 0 Å². The van der Waals surface area contributed by atoms with Crippen LogP contribution in [0.15, 0.2) is 12.1 Å². The minimum atomic E-state index is -0.356. The maximum atomic E-state index is 10.9. The number of nitrogens with zero attached hydrogens (tertiary/aromatic N) is 1. The molecular weight excluding hydrogens is 213 g/mol. The van der Waals surface area contributed by atoms with Gasteiger partial charge in [0.2, 0.25) is 0 Å². The summed E-state index contributed by atoms with van der Waals surface area (Å²) in [4.78, 5) is 14.6. The molecule has 0 fully saturated rings. The standard InChI is InChI=1S/C7H7Cl2N3O/c1-10-7(13)11-4-2-3-5(8)12-6(4)9/h2-3H,1H3,(H2,10,11,13). The Hall–Kier alpha value is -1.00. The second-order valence-electron chi connectivity index (χ2n) is 2.18. The van der Waals surface area contributed by atoms with Gasteiger partial charge in [-0.25, -0.2) is 9.78 Å². The summed E-state index contributed by atoms with van der Waals surface area (Å²) in [5.74, 6) is 0. The molecule has 0 atom stereocenters. The summed E-state index contributed by atoms with van der Waals surface area (Å²) in [7, 11) is 1.51. The molecule has 0 aliphatic carbocycles. The van der Waals surface area contributed by atoms with E-state index in [9.17, 15) is 4.79 Å². The van der Waals surface area contributed by atoms with Crippen LogP contribution < -0.4 is 10.6 Å². The van der Waals surface area contributed by atoms with Gasteiger partial charge in [0.1, 0.15) is 5.15 Å². The van der Waals surface area contributed by atoms with Crippen LogP contribution in [0.1, 0.15) is 0 Å². The van der Waals surface area contributed by atoms with Crippen LogP contribution >= 0.6 is 23.2 Å². The first-order valence-corrected chi connectivity index (χ1v) is 4.20. The Balaban J connectivity index is 2.83. The zero-order chi connectivity index (χ0) is 9.84. The molecule has 0 saturated carbocycles. The highest BCUT2D eigenvalue weighted by Crippen LogP contribution is 2.21. The molecule has 0 spiro atoms. The number of hydrogen-bond donors (Lipinski definition) is 2. The van der Waals surface area contributed by atoms with Crippen molar-refractivity contribution in [3.8, 4) is 0 Å². The summed E-state index contributed by atoms with van der Waals surface area (Å²) in [5, 5.41) is 5.32. The molecular formula is C7H7Cl2N3O. The van der Waals surface area contributed by atoms with E-state index in [2.05, 4.69) is 15.6 Å². The SMILES string of the molecule is CNC(=O)Nc1ccc(Cl)nc1Cl. The highest BCUT2D eigenvalue weighted by atomic mass is 35.5. The van der Waals surface area contributed by atoms with Gasteiger partial charge in [0.25, 0.3) is 0 Å². The van der Waals surface area contributed by atoms with Gasteiger partial charge in [0, 0.05) is 7.05 Å². The van der Waals surface area contributed by atoms with E-state index in [1.807, 2.05) is 0 Å². The van der Waals surface area contributed by atoms with E-state index in [4.69, 9.17) is 23.2 Å². The van der Waals surface area contributed by atoms with Crippen LogP contribution in [-0.4, -0.2) is 18.1 Å². The molecule has 1 rings (SSSR count). The molecule has 0 aliphatic heterocycles. The molecule has 6 heteroatoms. The fourth-order valence-corrected chi connectivity index (χ4v) is 1.08. The molecule has 2 amide bonds. The maximum absolute atomic E-state index is 10.9. The van der Waals surface area contributed by atoms with Crippen LogP contribution in [0.4, 0.5) is 10.5 Å². The fraction of sp³-hybridized carbons (Fsp3) is 0.143. The number of nitrogens with one attached hydrogen (secondary N) is 2. The van der Waals surface area contributed by atoms with Gasteiger partial charge in [-0.3, -0.25) is 0 Å². The molecule has 13 heavy (non-hydrogen) atoms. The van der Waals surface area contributed by atoms with E-state index in [1.54, 1.807) is 12.1 Å². The minimum absolute atomic E-state index is 0.163. The van der Waals surface area contributed by atoms with Crippen molar-refractivity contribution in [2.24, 2.45) is 0 Å². The number of carbonyl (C=O) groups is 1. The van der Waals surface area contributed by atoms with Gasteiger partial charge in [-0.1, -0.05) is 23.2 Å². The highest BCUT2D eigenvalue weighted by molar-refractivity contribution is 6.34. The monoisotopic (exact) mass is 219 g/mol. The summed E-state index contributed by atoms with van der Waals surface area (Å²) in [6, 6.07) is 2.76. The predicted octanol–water partition coefficient (Wildman–Crippen LogP) is 2.14. The number of hydrogen-bond acceptors (Lipinski definition) is 2. The smallest absolute Gasteiger partial charge is 0.319 e. The van der Waals surface area contributed by atoms with Gasteiger partial charge in [0.15, 0.2) is 5.15 Å². The van der Waals surface area contributed by atoms with Crippen molar-refractivity contribution in [1.82, 2.24) is 10.3 Å². The second-order valence-corrected chi connectivity index (χ2v) is 2.92. The van der Waals surface area contributed by atoms with Crippen molar-refractivity contribution < 1.29 is 4.79 Å². The van der Waals surface area contributed by atoms with Crippen LogP contribution in [0.3, 0.4) is 0 Å². The lowest BCUT2D eigenvalue weighted by Crippen LogP contribution is -2.24. The lowest BCUT2D eigenvalue weighted by molar-refractivity contribution is 0.254. The summed E-state index contributed by atoms with van der Waals surface area (Å²) in [6.07, 6.45) is 0. The van der Waals surface area contributed by atoms with Crippen LogP contribution in [0.5, 0.6) is 0 Å². The van der Waals surface area contributed by atoms with E-state index >= 15 is 0 Å². The normalized spacial score (nSPS) is 9.46. The zero-order valence-electron chi connectivity index (χ0n) is 6.77. The fourth-order valence-electron chi connectivity index (χ4n) is 0.690. The third-order valence-corrected chi connectivity index (χ3v) is 1.79. The van der Waals surface area contributed by atoms with Gasteiger partial charge in [-0.2, -0.15) is 0 Å². The van der Waals surface area contributed by atoms with Crippen LogP contribution in [0.25, 0.3) is 0 Å². The van der Waals surface area contributed by atoms with Crippen molar-refractivity contribution >= 4 is 34.9 Å². The number of aromatic nitrogens is 1. The number of amides is 2. The molecule has 1 aromatic rings. The Kier molecular flexibility index (Phi) is 3.33. The van der Waals surface area contributed by atoms with Gasteiger partial charge in [0.05, 0.1) is 5.69 Å². The minimum Gasteiger partial charge on any atom is -0.341 e. The summed E-state index contributed by atoms with van der Waals surface area (Å²) in [6.45, 7) is 0. The van der Waals surface area contributed by atoms with E-state index in [0.29, 0.717) is 5.69 Å². The molecule has 4 nitrogen and oxygen atoms in total. The zero-order valence-corrected chi connectivity index (χ0v) is 8.28. The topological polar surface area (TPSA) is 54.0 Å². The average Bonchev–Trinajstić information content (AvgIpc) is 2.09. The lowest BCUT2D eigenvalue weighted by Gasteiger charge is -2.05. The lowest BCUT2D eigenvalue weighted by atomic mass is 10.4. The Morgan fingerprint density at radius 1 is 1.46 bits per heavy atom. The van der Waals surface area contributed by atoms with E-state index in [0.717, 1.165) is 0 Å². The first kappa shape index (κ1) is 10.1. The van der Waals surface area contributed by atoms with Gasteiger partial charge >= 0.3 is 6.03 Å². The molecule has 0 saturated heterocycles. The average molecular weight is 220 g/mol. The number of anilines is 1. The summed E-state index contributed by atoms with van der Waals surface area (Å²) < 4.78 is 0. The Morgan fingerprint density at radius 2 is 2.15 bits per heavy atom. The Morgan fingerprint density at radius 3 is 2.69 bits per heavy atom. The third kappa shape index (κ3) is 2.75. The van der Waals surface area contributed by atoms with Crippen molar-refractivity contribution in [1.29, 1.82) is 0 Å². The van der Waals surface area contributed by atoms with Crippen molar-refractivity contribution in [2.75, 3.05) is 12.4 Å². The Bertz CT molecular complexity index is 330. The van der Waals surface area contributed by atoms with Gasteiger partial charge < -0.3 is 10.6 Å². The van der Waals surface area contributed by atoms with E-state index in [1.165, 1.54) is 7.05 Å². The molecule has 0 aliphatic rings. The summed E-state index contributed by atoms with van der Waals surface area (Å²) >= 11 is 11.3. The van der Waals surface area contributed by atoms with Crippen LogP contribution in [-0.2, 0) is 0 Å². The third-order valence-electron chi connectivity index (χ3n) is 1.29. The van der Waals surface area contributed by atoms with Crippen molar-refractivity contribution in [3.05, 3.63) is 22.4 Å². The molecule has 2 N–H and O–H groups in total. The number of urea groups is 1. The number of halogens is 2.